The molecule has 0 spiro atoms. The number of benzene rings is 1. The predicted octanol–water partition coefficient (Wildman–Crippen LogP) is 2.61. The normalized spacial score (nSPS) is 10.3. The standard InChI is InChI=1S/C12H15N3/c1-3-13-12-10(2)9-14-15(12)11-7-5-4-6-8-11/h4-9,13H,3H2,1-2H3. The van der Waals surface area contributed by atoms with Crippen molar-refractivity contribution >= 4 is 5.82 Å². The number of para-hydroxylation sites is 1. The summed E-state index contributed by atoms with van der Waals surface area (Å²) >= 11 is 0. The van der Waals surface area contributed by atoms with Crippen LogP contribution in [0.25, 0.3) is 5.69 Å². The molecule has 0 aliphatic heterocycles. The molecule has 2 rings (SSSR count). The molecule has 0 saturated heterocycles. The number of hydrogen-bond acceptors (Lipinski definition) is 2. The largest absolute Gasteiger partial charge is 0.370 e. The molecule has 0 radical (unpaired) electrons. The number of aromatic nitrogens is 2. The summed E-state index contributed by atoms with van der Waals surface area (Å²) < 4.78 is 1.93. The maximum atomic E-state index is 4.36. The average molecular weight is 201 g/mol. The monoisotopic (exact) mass is 201 g/mol. The molecule has 0 fully saturated rings. The third-order valence-corrected chi connectivity index (χ3v) is 2.30. The second kappa shape index (κ2) is 4.17. The molecule has 2 aromatic rings. The number of anilines is 1. The summed E-state index contributed by atoms with van der Waals surface area (Å²) in [5.74, 6) is 1.07. The van der Waals surface area contributed by atoms with E-state index in [1.165, 1.54) is 5.56 Å². The molecule has 0 aliphatic carbocycles. The van der Waals surface area contributed by atoms with Gasteiger partial charge in [0.05, 0.1) is 11.9 Å². The molecule has 1 aromatic heterocycles. The van der Waals surface area contributed by atoms with Crippen LogP contribution < -0.4 is 5.32 Å². The maximum absolute atomic E-state index is 4.36. The van der Waals surface area contributed by atoms with Crippen LogP contribution in [-0.2, 0) is 0 Å². The smallest absolute Gasteiger partial charge is 0.132 e. The first-order valence-corrected chi connectivity index (χ1v) is 5.17. The summed E-state index contributed by atoms with van der Waals surface area (Å²) in [6.07, 6.45) is 1.88. The van der Waals surface area contributed by atoms with Gasteiger partial charge in [0.2, 0.25) is 0 Å². The number of rotatable bonds is 3. The van der Waals surface area contributed by atoms with Crippen molar-refractivity contribution in [3.63, 3.8) is 0 Å². The molecule has 1 aromatic carbocycles. The molecule has 1 N–H and O–H groups in total. The van der Waals surface area contributed by atoms with Crippen molar-refractivity contribution in [3.8, 4) is 5.69 Å². The number of nitrogens with one attached hydrogen (secondary N) is 1. The van der Waals surface area contributed by atoms with Crippen LogP contribution in [-0.4, -0.2) is 16.3 Å². The van der Waals surface area contributed by atoms with Gasteiger partial charge in [0.15, 0.2) is 0 Å². The van der Waals surface area contributed by atoms with Gasteiger partial charge in [-0.3, -0.25) is 0 Å². The summed E-state index contributed by atoms with van der Waals surface area (Å²) in [7, 11) is 0. The Morgan fingerprint density at radius 1 is 1.27 bits per heavy atom. The van der Waals surface area contributed by atoms with Gasteiger partial charge in [-0.2, -0.15) is 5.10 Å². The average Bonchev–Trinajstić information content (AvgIpc) is 2.63. The van der Waals surface area contributed by atoms with Gasteiger partial charge < -0.3 is 5.32 Å². The molecule has 0 unspecified atom stereocenters. The minimum Gasteiger partial charge on any atom is -0.370 e. The Hall–Kier alpha value is -1.77. The van der Waals surface area contributed by atoms with E-state index in [0.29, 0.717) is 0 Å². The Morgan fingerprint density at radius 3 is 2.67 bits per heavy atom. The summed E-state index contributed by atoms with van der Waals surface area (Å²) in [6.45, 7) is 5.05. The van der Waals surface area contributed by atoms with Crippen molar-refractivity contribution in [2.45, 2.75) is 13.8 Å². The quantitative estimate of drug-likeness (QED) is 0.827. The molecule has 0 saturated carbocycles. The molecular weight excluding hydrogens is 186 g/mol. The topological polar surface area (TPSA) is 29.9 Å². The summed E-state index contributed by atoms with van der Waals surface area (Å²) in [4.78, 5) is 0. The molecule has 3 nitrogen and oxygen atoms in total. The van der Waals surface area contributed by atoms with Crippen molar-refractivity contribution in [1.29, 1.82) is 0 Å². The number of hydrogen-bond donors (Lipinski definition) is 1. The third kappa shape index (κ3) is 1.86. The third-order valence-electron chi connectivity index (χ3n) is 2.30. The van der Waals surface area contributed by atoms with Crippen LogP contribution in [0.1, 0.15) is 12.5 Å². The SMILES string of the molecule is CCNc1c(C)cnn1-c1ccccc1. The first-order valence-electron chi connectivity index (χ1n) is 5.17. The highest BCUT2D eigenvalue weighted by Crippen LogP contribution is 2.18. The van der Waals surface area contributed by atoms with Gasteiger partial charge in [0.1, 0.15) is 5.82 Å². The summed E-state index contributed by atoms with van der Waals surface area (Å²) in [6, 6.07) is 10.1. The first kappa shape index (κ1) is 9.77. The van der Waals surface area contributed by atoms with E-state index in [-0.39, 0.29) is 0 Å². The Labute approximate surface area is 89.7 Å². The summed E-state index contributed by atoms with van der Waals surface area (Å²) in [5.41, 5.74) is 2.25. The zero-order chi connectivity index (χ0) is 10.7. The molecule has 3 heteroatoms. The van der Waals surface area contributed by atoms with Crippen molar-refractivity contribution in [1.82, 2.24) is 9.78 Å². The molecule has 15 heavy (non-hydrogen) atoms. The molecular formula is C12H15N3. The van der Waals surface area contributed by atoms with Gasteiger partial charge in [-0.15, -0.1) is 0 Å². The van der Waals surface area contributed by atoms with Crippen LogP contribution in [0.5, 0.6) is 0 Å². The number of nitrogens with zero attached hydrogens (tertiary/aromatic N) is 2. The molecule has 0 amide bonds. The van der Waals surface area contributed by atoms with Crippen LogP contribution in [0.2, 0.25) is 0 Å². The molecule has 0 aliphatic rings. The van der Waals surface area contributed by atoms with Crippen molar-refractivity contribution in [3.05, 3.63) is 42.1 Å². The lowest BCUT2D eigenvalue weighted by Crippen LogP contribution is -2.06. The number of aryl methyl sites for hydroxylation is 1. The molecule has 78 valence electrons. The lowest BCUT2D eigenvalue weighted by atomic mass is 10.3. The van der Waals surface area contributed by atoms with Crippen LogP contribution in [0.4, 0.5) is 5.82 Å². The van der Waals surface area contributed by atoms with E-state index in [1.54, 1.807) is 0 Å². The van der Waals surface area contributed by atoms with E-state index in [1.807, 2.05) is 41.2 Å². The Balaban J connectivity index is 2.44. The van der Waals surface area contributed by atoms with E-state index in [9.17, 15) is 0 Å². The van der Waals surface area contributed by atoms with E-state index < -0.39 is 0 Å². The lowest BCUT2D eigenvalue weighted by molar-refractivity contribution is 0.878. The van der Waals surface area contributed by atoms with Gasteiger partial charge in [-0.1, -0.05) is 18.2 Å². The fourth-order valence-corrected chi connectivity index (χ4v) is 1.58. The fraction of sp³-hybridized carbons (Fsp3) is 0.250. The first-order chi connectivity index (χ1) is 7.33. The van der Waals surface area contributed by atoms with E-state index in [2.05, 4.69) is 24.3 Å². The van der Waals surface area contributed by atoms with Gasteiger partial charge >= 0.3 is 0 Å². The van der Waals surface area contributed by atoms with Crippen LogP contribution in [0.15, 0.2) is 36.5 Å². The van der Waals surface area contributed by atoms with Gasteiger partial charge in [0, 0.05) is 12.1 Å². The zero-order valence-electron chi connectivity index (χ0n) is 9.07. The Morgan fingerprint density at radius 2 is 2.00 bits per heavy atom. The van der Waals surface area contributed by atoms with Crippen molar-refractivity contribution in [2.75, 3.05) is 11.9 Å². The summed E-state index contributed by atoms with van der Waals surface area (Å²) in [5, 5.41) is 7.68. The Kier molecular flexibility index (Phi) is 2.72. The molecule has 0 bridgehead atoms. The highest BCUT2D eigenvalue weighted by molar-refractivity contribution is 5.49. The van der Waals surface area contributed by atoms with Crippen LogP contribution >= 0.6 is 0 Å². The predicted molar refractivity (Wildman–Crippen MR) is 62.5 cm³/mol. The lowest BCUT2D eigenvalue weighted by Gasteiger charge is -2.08. The molecule has 0 atom stereocenters. The van der Waals surface area contributed by atoms with E-state index in [0.717, 1.165) is 18.1 Å². The van der Waals surface area contributed by atoms with Gasteiger partial charge in [-0.05, 0) is 26.0 Å². The Bertz CT molecular complexity index is 431. The van der Waals surface area contributed by atoms with E-state index >= 15 is 0 Å². The maximum Gasteiger partial charge on any atom is 0.132 e. The van der Waals surface area contributed by atoms with E-state index in [4.69, 9.17) is 0 Å². The van der Waals surface area contributed by atoms with Gasteiger partial charge in [0.25, 0.3) is 0 Å². The van der Waals surface area contributed by atoms with Gasteiger partial charge in [-0.25, -0.2) is 4.68 Å². The van der Waals surface area contributed by atoms with Crippen LogP contribution in [0, 0.1) is 6.92 Å². The minimum absolute atomic E-state index is 0.902. The highest BCUT2D eigenvalue weighted by Gasteiger charge is 2.06. The van der Waals surface area contributed by atoms with Crippen molar-refractivity contribution in [2.24, 2.45) is 0 Å². The minimum atomic E-state index is 0.902. The molecule has 1 heterocycles. The second-order valence-electron chi connectivity index (χ2n) is 3.45. The highest BCUT2D eigenvalue weighted by atomic mass is 15.3. The van der Waals surface area contributed by atoms with Crippen LogP contribution in [0.3, 0.4) is 0 Å². The zero-order valence-corrected chi connectivity index (χ0v) is 9.07. The second-order valence-corrected chi connectivity index (χ2v) is 3.45. The van der Waals surface area contributed by atoms with Crippen molar-refractivity contribution < 1.29 is 0 Å². The fourth-order valence-electron chi connectivity index (χ4n) is 1.58.